The third kappa shape index (κ3) is 6.15. The molecular weight excluding hydrogens is 347 g/mol. The summed E-state index contributed by atoms with van der Waals surface area (Å²) in [5.74, 6) is -0.0835. The highest BCUT2D eigenvalue weighted by atomic mass is 32.2. The van der Waals surface area contributed by atoms with Gasteiger partial charge >= 0.3 is 0 Å². The van der Waals surface area contributed by atoms with E-state index in [2.05, 4.69) is 35.8 Å². The Labute approximate surface area is 160 Å². The maximum atomic E-state index is 13.1. The zero-order valence-electron chi connectivity index (χ0n) is 15.8. The number of likely N-dealkylation sites (N-methyl/N-ethyl adjacent to an activating group) is 1. The van der Waals surface area contributed by atoms with Gasteiger partial charge in [-0.3, -0.25) is 9.69 Å². The molecule has 2 aromatic carbocycles. The minimum atomic E-state index is -0.269. The van der Waals surface area contributed by atoms with Crippen molar-refractivity contribution in [3.05, 3.63) is 65.5 Å². The topological polar surface area (TPSA) is 32.3 Å². The van der Waals surface area contributed by atoms with E-state index >= 15 is 0 Å². The number of thioether (sulfide) groups is 1. The molecule has 2 aromatic rings. The van der Waals surface area contributed by atoms with Crippen LogP contribution < -0.4 is 5.32 Å². The molecule has 0 aliphatic carbocycles. The first-order valence-electron chi connectivity index (χ1n) is 8.75. The van der Waals surface area contributed by atoms with Gasteiger partial charge in [-0.1, -0.05) is 38.1 Å². The van der Waals surface area contributed by atoms with Crippen molar-refractivity contribution in [2.24, 2.45) is 5.92 Å². The molecule has 1 atom stereocenters. The van der Waals surface area contributed by atoms with Gasteiger partial charge in [0.1, 0.15) is 5.82 Å². The number of rotatable bonds is 8. The Kier molecular flexibility index (Phi) is 7.66. The average Bonchev–Trinajstić information content (AvgIpc) is 2.61. The number of benzene rings is 2. The zero-order valence-corrected chi connectivity index (χ0v) is 16.6. The third-order valence-electron chi connectivity index (χ3n) is 4.24. The minimum absolute atomic E-state index is 0.0312. The molecule has 1 amide bonds. The fourth-order valence-corrected chi connectivity index (χ4v) is 3.28. The molecular formula is C21H27FN2OS. The van der Waals surface area contributed by atoms with E-state index in [-0.39, 0.29) is 23.7 Å². The van der Waals surface area contributed by atoms with Crippen LogP contribution in [0.15, 0.2) is 53.4 Å². The molecule has 0 unspecified atom stereocenters. The first kappa shape index (κ1) is 20.5. The molecule has 0 aliphatic heterocycles. The number of nitrogens with zero attached hydrogens (tertiary/aromatic N) is 1. The van der Waals surface area contributed by atoms with Crippen LogP contribution >= 0.6 is 11.8 Å². The Morgan fingerprint density at radius 1 is 1.12 bits per heavy atom. The van der Waals surface area contributed by atoms with Gasteiger partial charge in [-0.25, -0.2) is 4.39 Å². The molecule has 2 rings (SSSR count). The van der Waals surface area contributed by atoms with E-state index in [4.69, 9.17) is 0 Å². The van der Waals surface area contributed by atoms with Crippen molar-refractivity contribution in [1.82, 2.24) is 10.2 Å². The average molecular weight is 375 g/mol. The second-order valence-electron chi connectivity index (χ2n) is 6.86. The summed E-state index contributed by atoms with van der Waals surface area (Å²) in [6.45, 7) is 5.12. The summed E-state index contributed by atoms with van der Waals surface area (Å²) >= 11 is 1.71. The molecule has 0 fully saturated rings. The normalized spacial score (nSPS) is 12.4. The van der Waals surface area contributed by atoms with Gasteiger partial charge in [-0.15, -0.1) is 11.8 Å². The number of hydrogen-bond donors (Lipinski definition) is 1. The smallest absolute Gasteiger partial charge is 0.234 e. The molecule has 0 aliphatic rings. The molecule has 5 heteroatoms. The fraction of sp³-hybridized carbons (Fsp3) is 0.381. The van der Waals surface area contributed by atoms with Crippen molar-refractivity contribution >= 4 is 17.7 Å². The summed E-state index contributed by atoms with van der Waals surface area (Å²) < 4.78 is 13.1. The van der Waals surface area contributed by atoms with Crippen LogP contribution in [0.2, 0.25) is 0 Å². The van der Waals surface area contributed by atoms with Gasteiger partial charge in [-0.05, 0) is 54.6 Å². The lowest BCUT2D eigenvalue weighted by molar-refractivity contribution is -0.123. The number of carbonyl (C=O) groups excluding carboxylic acids is 1. The Balaban J connectivity index is 1.93. The van der Waals surface area contributed by atoms with E-state index in [1.165, 1.54) is 22.6 Å². The first-order valence-corrected chi connectivity index (χ1v) is 9.98. The van der Waals surface area contributed by atoms with Crippen LogP contribution in [-0.4, -0.2) is 30.7 Å². The number of nitrogens with one attached hydrogen (secondary N) is 1. The van der Waals surface area contributed by atoms with Crippen LogP contribution in [0.4, 0.5) is 4.39 Å². The second-order valence-corrected chi connectivity index (χ2v) is 7.74. The number of amides is 1. The number of halogens is 1. The van der Waals surface area contributed by atoms with E-state index in [9.17, 15) is 9.18 Å². The summed E-state index contributed by atoms with van der Waals surface area (Å²) in [6, 6.07) is 14.6. The van der Waals surface area contributed by atoms with Crippen LogP contribution in [0.3, 0.4) is 0 Å². The largest absolute Gasteiger partial charge is 0.348 e. The third-order valence-corrected chi connectivity index (χ3v) is 4.98. The zero-order chi connectivity index (χ0) is 19.1. The molecule has 3 nitrogen and oxygen atoms in total. The quantitative estimate of drug-likeness (QED) is 0.691. The lowest BCUT2D eigenvalue weighted by atomic mass is 9.96. The minimum Gasteiger partial charge on any atom is -0.348 e. The molecule has 0 aromatic heterocycles. The summed E-state index contributed by atoms with van der Waals surface area (Å²) in [5.41, 5.74) is 2.10. The van der Waals surface area contributed by atoms with Gasteiger partial charge in [0.25, 0.3) is 0 Å². The maximum absolute atomic E-state index is 13.1. The van der Waals surface area contributed by atoms with Crippen LogP contribution in [0.1, 0.15) is 31.0 Å². The fourth-order valence-electron chi connectivity index (χ4n) is 2.87. The Morgan fingerprint density at radius 3 is 2.27 bits per heavy atom. The van der Waals surface area contributed by atoms with Gasteiger partial charge < -0.3 is 5.32 Å². The summed E-state index contributed by atoms with van der Waals surface area (Å²) in [7, 11) is 1.93. The monoisotopic (exact) mass is 374 g/mol. The highest BCUT2D eigenvalue weighted by Gasteiger charge is 2.19. The predicted molar refractivity (Wildman–Crippen MR) is 107 cm³/mol. The first-order chi connectivity index (χ1) is 12.4. The summed E-state index contributed by atoms with van der Waals surface area (Å²) in [6.07, 6.45) is 2.05. The lowest BCUT2D eigenvalue weighted by Crippen LogP contribution is -2.38. The van der Waals surface area contributed by atoms with E-state index in [0.717, 1.165) is 5.56 Å². The Morgan fingerprint density at radius 2 is 1.73 bits per heavy atom. The summed E-state index contributed by atoms with van der Waals surface area (Å²) in [4.78, 5) is 15.7. The molecule has 0 spiro atoms. The van der Waals surface area contributed by atoms with E-state index in [0.29, 0.717) is 13.1 Å². The van der Waals surface area contributed by atoms with E-state index in [1.54, 1.807) is 23.9 Å². The second kappa shape index (κ2) is 9.74. The molecule has 1 N–H and O–H groups in total. The number of carbonyl (C=O) groups is 1. The Bertz CT molecular complexity index is 701. The summed E-state index contributed by atoms with van der Waals surface area (Å²) in [5, 5.41) is 3.08. The maximum Gasteiger partial charge on any atom is 0.234 e. The lowest BCUT2D eigenvalue weighted by Gasteiger charge is -2.25. The van der Waals surface area contributed by atoms with Crippen molar-refractivity contribution in [3.8, 4) is 0 Å². The SMILES string of the molecule is CSc1ccc(CN(C)CC(=O)N[C@@H](c2ccc(F)cc2)C(C)C)cc1. The molecule has 0 saturated carbocycles. The number of hydrogen-bond acceptors (Lipinski definition) is 3. The molecule has 0 bridgehead atoms. The van der Waals surface area contributed by atoms with Gasteiger partial charge in [0, 0.05) is 11.4 Å². The standard InChI is InChI=1S/C21H27FN2OS/c1-15(2)21(17-7-9-18(22)10-8-17)23-20(25)14-24(3)13-16-5-11-19(26-4)12-6-16/h5-12,15,21H,13-14H2,1-4H3,(H,23,25)/t21-/m1/s1. The van der Waals surface area contributed by atoms with Crippen LogP contribution in [0, 0.1) is 11.7 Å². The van der Waals surface area contributed by atoms with Crippen LogP contribution in [0.5, 0.6) is 0 Å². The van der Waals surface area contributed by atoms with Crippen molar-refractivity contribution in [2.75, 3.05) is 19.8 Å². The van der Waals surface area contributed by atoms with Crippen LogP contribution in [0.25, 0.3) is 0 Å². The molecule has 26 heavy (non-hydrogen) atoms. The molecule has 0 heterocycles. The molecule has 0 radical (unpaired) electrons. The van der Waals surface area contributed by atoms with E-state index in [1.807, 2.05) is 25.8 Å². The van der Waals surface area contributed by atoms with Gasteiger partial charge in [-0.2, -0.15) is 0 Å². The Hall–Kier alpha value is -1.85. The molecule has 140 valence electrons. The molecule has 0 saturated heterocycles. The van der Waals surface area contributed by atoms with Gasteiger partial charge in [0.15, 0.2) is 0 Å². The van der Waals surface area contributed by atoms with Gasteiger partial charge in [0.05, 0.1) is 12.6 Å². The van der Waals surface area contributed by atoms with Gasteiger partial charge in [0.2, 0.25) is 5.91 Å². The van der Waals surface area contributed by atoms with Crippen molar-refractivity contribution in [2.45, 2.75) is 31.3 Å². The highest BCUT2D eigenvalue weighted by Crippen LogP contribution is 2.22. The van der Waals surface area contributed by atoms with Crippen molar-refractivity contribution < 1.29 is 9.18 Å². The predicted octanol–water partition coefficient (Wildman–Crippen LogP) is 4.49. The van der Waals surface area contributed by atoms with Crippen molar-refractivity contribution in [1.29, 1.82) is 0 Å². The van der Waals surface area contributed by atoms with Crippen LogP contribution in [-0.2, 0) is 11.3 Å². The van der Waals surface area contributed by atoms with Crippen molar-refractivity contribution in [3.63, 3.8) is 0 Å². The highest BCUT2D eigenvalue weighted by molar-refractivity contribution is 7.98. The van der Waals surface area contributed by atoms with E-state index < -0.39 is 0 Å².